The van der Waals surface area contributed by atoms with Crippen molar-refractivity contribution in [2.45, 2.75) is 83.6 Å². The minimum atomic E-state index is 0.360. The number of likely N-dealkylation sites (tertiary alicyclic amines) is 1. The number of nitrogens with zero attached hydrogens (tertiary/aromatic N) is 1. The van der Waals surface area contributed by atoms with E-state index >= 15 is 0 Å². The molecule has 0 aromatic rings. The smallest absolute Gasteiger partial charge is 0.0334 e. The van der Waals surface area contributed by atoms with Gasteiger partial charge in [-0.05, 0) is 68.9 Å². The number of piperidine rings is 1. The third kappa shape index (κ3) is 3.03. The lowest BCUT2D eigenvalue weighted by Crippen LogP contribution is -2.59. The van der Waals surface area contributed by atoms with E-state index in [0.29, 0.717) is 11.0 Å². The number of hydrogen-bond acceptors (Lipinski definition) is 2. The molecule has 0 bridgehead atoms. The quantitative estimate of drug-likeness (QED) is 0.823. The van der Waals surface area contributed by atoms with Crippen LogP contribution in [0.1, 0.15) is 78.1 Å². The lowest BCUT2D eigenvalue weighted by molar-refractivity contribution is -0.0179. The van der Waals surface area contributed by atoms with Crippen molar-refractivity contribution in [3.05, 3.63) is 0 Å². The third-order valence-corrected chi connectivity index (χ3v) is 7.52. The lowest BCUT2D eigenvalue weighted by atomic mass is 9.69. The van der Waals surface area contributed by atoms with Crippen LogP contribution in [0, 0.1) is 17.3 Å². The highest BCUT2D eigenvalue weighted by Gasteiger charge is 2.46. The molecule has 2 atom stereocenters. The summed E-state index contributed by atoms with van der Waals surface area (Å²) in [5, 5.41) is 0. The zero-order valence-electron chi connectivity index (χ0n) is 14.4. The molecule has 2 heteroatoms. The minimum Gasteiger partial charge on any atom is -0.329 e. The van der Waals surface area contributed by atoms with Crippen molar-refractivity contribution < 1.29 is 0 Å². The standard InChI is InChI=1S/C19H36N2/c1-3-18(4-2)10-12-21(13-11-18)19(15-20)9-5-6-17(14-19)16-7-8-16/h16-17H,3-15,20H2,1-2H3. The molecule has 2 unspecified atom stereocenters. The third-order valence-electron chi connectivity index (χ3n) is 7.52. The van der Waals surface area contributed by atoms with Crippen molar-refractivity contribution in [2.75, 3.05) is 19.6 Å². The topological polar surface area (TPSA) is 29.3 Å². The van der Waals surface area contributed by atoms with E-state index in [0.717, 1.165) is 18.4 Å². The van der Waals surface area contributed by atoms with Crippen LogP contribution < -0.4 is 5.73 Å². The molecule has 1 heterocycles. The van der Waals surface area contributed by atoms with E-state index in [4.69, 9.17) is 5.73 Å². The van der Waals surface area contributed by atoms with Gasteiger partial charge in [0.25, 0.3) is 0 Å². The van der Waals surface area contributed by atoms with Gasteiger partial charge in [0.2, 0.25) is 0 Å². The van der Waals surface area contributed by atoms with Gasteiger partial charge >= 0.3 is 0 Å². The SMILES string of the molecule is CCC1(CC)CCN(C2(CN)CCCC(C3CC3)C2)CC1. The molecule has 0 radical (unpaired) electrons. The van der Waals surface area contributed by atoms with Crippen molar-refractivity contribution in [1.82, 2.24) is 4.90 Å². The molecular formula is C19H36N2. The summed E-state index contributed by atoms with van der Waals surface area (Å²) in [6.45, 7) is 8.27. The number of rotatable bonds is 5. The molecule has 3 rings (SSSR count). The van der Waals surface area contributed by atoms with E-state index in [-0.39, 0.29) is 0 Å². The first-order chi connectivity index (χ1) is 10.2. The van der Waals surface area contributed by atoms with Crippen LogP contribution in [0.2, 0.25) is 0 Å². The molecule has 122 valence electrons. The fourth-order valence-electron chi connectivity index (χ4n) is 5.37. The Hall–Kier alpha value is -0.0800. The van der Waals surface area contributed by atoms with Crippen molar-refractivity contribution >= 4 is 0 Å². The average molecular weight is 293 g/mol. The summed E-state index contributed by atoms with van der Waals surface area (Å²) < 4.78 is 0. The molecule has 2 N–H and O–H groups in total. The van der Waals surface area contributed by atoms with Gasteiger partial charge in [-0.3, -0.25) is 4.90 Å². The van der Waals surface area contributed by atoms with Crippen LogP contribution in [0.3, 0.4) is 0 Å². The molecule has 3 aliphatic rings. The Balaban J connectivity index is 1.66. The first kappa shape index (κ1) is 15.8. The van der Waals surface area contributed by atoms with E-state index < -0.39 is 0 Å². The van der Waals surface area contributed by atoms with E-state index in [1.165, 1.54) is 77.3 Å². The van der Waals surface area contributed by atoms with Crippen molar-refractivity contribution in [2.24, 2.45) is 23.0 Å². The molecule has 2 nitrogen and oxygen atoms in total. The Morgan fingerprint density at radius 1 is 0.952 bits per heavy atom. The van der Waals surface area contributed by atoms with E-state index in [1.54, 1.807) is 0 Å². The van der Waals surface area contributed by atoms with Gasteiger partial charge < -0.3 is 5.73 Å². The summed E-state index contributed by atoms with van der Waals surface area (Å²) in [6.07, 6.45) is 14.2. The van der Waals surface area contributed by atoms with Gasteiger partial charge in [-0.25, -0.2) is 0 Å². The van der Waals surface area contributed by atoms with Gasteiger partial charge in [0.05, 0.1) is 0 Å². The Bertz CT molecular complexity index is 335. The molecule has 0 spiro atoms. The summed E-state index contributed by atoms with van der Waals surface area (Å²) in [5.74, 6) is 2.05. The van der Waals surface area contributed by atoms with Gasteiger partial charge in [0.1, 0.15) is 0 Å². The van der Waals surface area contributed by atoms with Crippen LogP contribution in [0.25, 0.3) is 0 Å². The molecule has 0 aromatic heterocycles. The predicted molar refractivity (Wildman–Crippen MR) is 90.3 cm³/mol. The highest BCUT2D eigenvalue weighted by atomic mass is 15.2. The Morgan fingerprint density at radius 3 is 2.14 bits per heavy atom. The molecule has 0 aromatic carbocycles. The van der Waals surface area contributed by atoms with Crippen LogP contribution in [0.5, 0.6) is 0 Å². The largest absolute Gasteiger partial charge is 0.329 e. The first-order valence-electron chi connectivity index (χ1n) is 9.62. The zero-order valence-corrected chi connectivity index (χ0v) is 14.4. The van der Waals surface area contributed by atoms with Crippen LogP contribution in [0.4, 0.5) is 0 Å². The van der Waals surface area contributed by atoms with Crippen LogP contribution in [-0.2, 0) is 0 Å². The monoisotopic (exact) mass is 292 g/mol. The van der Waals surface area contributed by atoms with Gasteiger partial charge in [0, 0.05) is 12.1 Å². The van der Waals surface area contributed by atoms with Gasteiger partial charge in [-0.1, -0.05) is 39.5 Å². The van der Waals surface area contributed by atoms with Gasteiger partial charge in [-0.2, -0.15) is 0 Å². The van der Waals surface area contributed by atoms with Crippen molar-refractivity contribution in [1.29, 1.82) is 0 Å². The van der Waals surface area contributed by atoms with Crippen molar-refractivity contribution in [3.8, 4) is 0 Å². The summed E-state index contributed by atoms with van der Waals surface area (Å²) in [4.78, 5) is 2.82. The van der Waals surface area contributed by atoms with Gasteiger partial charge in [0.15, 0.2) is 0 Å². The van der Waals surface area contributed by atoms with Crippen molar-refractivity contribution in [3.63, 3.8) is 0 Å². The second kappa shape index (κ2) is 6.20. The minimum absolute atomic E-state index is 0.360. The second-order valence-corrected chi connectivity index (χ2v) is 8.32. The van der Waals surface area contributed by atoms with Gasteiger partial charge in [-0.15, -0.1) is 0 Å². The molecule has 2 aliphatic carbocycles. The summed E-state index contributed by atoms with van der Waals surface area (Å²) in [6, 6.07) is 0. The number of nitrogens with two attached hydrogens (primary N) is 1. The molecule has 2 saturated carbocycles. The molecule has 0 amide bonds. The maximum absolute atomic E-state index is 6.34. The maximum Gasteiger partial charge on any atom is 0.0334 e. The van der Waals surface area contributed by atoms with Crippen LogP contribution >= 0.6 is 0 Å². The fraction of sp³-hybridized carbons (Fsp3) is 1.00. The Kier molecular flexibility index (Phi) is 4.66. The van der Waals surface area contributed by atoms with E-state index in [2.05, 4.69) is 18.7 Å². The lowest BCUT2D eigenvalue weighted by Gasteiger charge is -2.53. The summed E-state index contributed by atoms with van der Waals surface area (Å²) >= 11 is 0. The Morgan fingerprint density at radius 2 is 1.62 bits per heavy atom. The summed E-state index contributed by atoms with van der Waals surface area (Å²) in [7, 11) is 0. The summed E-state index contributed by atoms with van der Waals surface area (Å²) in [5.41, 5.74) is 7.34. The zero-order chi connectivity index (χ0) is 14.9. The molecule has 3 fully saturated rings. The average Bonchev–Trinajstić information content (AvgIpc) is 3.40. The molecule has 1 saturated heterocycles. The van der Waals surface area contributed by atoms with E-state index in [1.807, 2.05) is 0 Å². The van der Waals surface area contributed by atoms with Crippen LogP contribution in [-0.4, -0.2) is 30.1 Å². The first-order valence-corrected chi connectivity index (χ1v) is 9.62. The normalized spacial score (nSPS) is 37.6. The van der Waals surface area contributed by atoms with E-state index in [9.17, 15) is 0 Å². The Labute approximate surface area is 131 Å². The maximum atomic E-state index is 6.34. The molecule has 21 heavy (non-hydrogen) atoms. The fourth-order valence-corrected chi connectivity index (χ4v) is 5.37. The second-order valence-electron chi connectivity index (χ2n) is 8.32. The van der Waals surface area contributed by atoms with Crippen LogP contribution in [0.15, 0.2) is 0 Å². The molecule has 1 aliphatic heterocycles. The molecular weight excluding hydrogens is 256 g/mol. The predicted octanol–water partition coefficient (Wildman–Crippen LogP) is 4.19. The highest BCUT2D eigenvalue weighted by molar-refractivity contribution is 5.01. The highest BCUT2D eigenvalue weighted by Crippen LogP contribution is 2.49. The number of hydrogen-bond donors (Lipinski definition) is 1.